The molecule has 1 aromatic heterocycles. The molecule has 0 atom stereocenters. The molecule has 0 radical (unpaired) electrons. The smallest absolute Gasteiger partial charge is 0.302 e. The van der Waals surface area contributed by atoms with Crippen molar-refractivity contribution in [2.24, 2.45) is 0 Å². The van der Waals surface area contributed by atoms with Crippen LogP contribution < -0.4 is 15.0 Å². The van der Waals surface area contributed by atoms with E-state index in [4.69, 9.17) is 18.9 Å². The van der Waals surface area contributed by atoms with E-state index in [9.17, 15) is 14.4 Å². The van der Waals surface area contributed by atoms with Gasteiger partial charge in [-0.05, 0) is 40.6 Å². The molecule has 0 aliphatic heterocycles. The van der Waals surface area contributed by atoms with Gasteiger partial charge in [-0.1, -0.05) is 0 Å². The van der Waals surface area contributed by atoms with E-state index in [1.165, 1.54) is 34.1 Å². The minimum Gasteiger partial charge on any atom is -0.493 e. The zero-order valence-electron chi connectivity index (χ0n) is 17.6. The van der Waals surface area contributed by atoms with Crippen LogP contribution in [0, 0.1) is 0 Å². The second kappa shape index (κ2) is 9.29. The van der Waals surface area contributed by atoms with Crippen LogP contribution in [-0.2, 0) is 32.3 Å². The summed E-state index contributed by atoms with van der Waals surface area (Å²) in [6.45, 7) is 2.50. The number of nitrogens with zero attached hydrogens (tertiary/aromatic N) is 1. The SMILES string of the molecule is COc1cc2cc(COC(C)=O)c(COC(C)=O)c(-c3ccc(=O)[nH]n3)c2cc1OC. The van der Waals surface area contributed by atoms with E-state index in [-0.39, 0.29) is 18.8 Å². The fourth-order valence-electron chi connectivity index (χ4n) is 3.25. The molecule has 0 aliphatic carbocycles. The molecule has 3 rings (SSSR count). The van der Waals surface area contributed by atoms with Crippen LogP contribution in [0.3, 0.4) is 0 Å². The summed E-state index contributed by atoms with van der Waals surface area (Å²) in [4.78, 5) is 34.5. The van der Waals surface area contributed by atoms with Crippen LogP contribution in [0.2, 0.25) is 0 Å². The van der Waals surface area contributed by atoms with E-state index in [1.807, 2.05) is 6.07 Å². The number of fused-ring (bicyclic) bond motifs is 1. The number of aromatic nitrogens is 2. The number of hydrogen-bond donors (Lipinski definition) is 1. The van der Waals surface area contributed by atoms with Gasteiger partial charge >= 0.3 is 11.9 Å². The van der Waals surface area contributed by atoms with Crippen LogP contribution in [0.4, 0.5) is 0 Å². The lowest BCUT2D eigenvalue weighted by Gasteiger charge is -2.19. The van der Waals surface area contributed by atoms with Gasteiger partial charge in [-0.2, -0.15) is 5.10 Å². The number of rotatable bonds is 7. The van der Waals surface area contributed by atoms with E-state index in [0.717, 1.165) is 10.8 Å². The molecule has 1 N–H and O–H groups in total. The molecular weight excluding hydrogens is 404 g/mol. The van der Waals surface area contributed by atoms with Gasteiger partial charge in [0.1, 0.15) is 13.2 Å². The van der Waals surface area contributed by atoms with E-state index in [0.29, 0.717) is 33.9 Å². The summed E-state index contributed by atoms with van der Waals surface area (Å²) < 4.78 is 21.4. The molecule has 0 saturated heterocycles. The largest absolute Gasteiger partial charge is 0.493 e. The van der Waals surface area contributed by atoms with Crippen LogP contribution in [0.15, 0.2) is 35.1 Å². The highest BCUT2D eigenvalue weighted by Gasteiger charge is 2.20. The van der Waals surface area contributed by atoms with Crippen LogP contribution in [0.1, 0.15) is 25.0 Å². The Balaban J connectivity index is 2.38. The number of carbonyl (C=O) groups excluding carboxylic acids is 2. The first kappa shape index (κ1) is 21.8. The van der Waals surface area contributed by atoms with Crippen LogP contribution in [-0.4, -0.2) is 36.4 Å². The quantitative estimate of drug-likeness (QED) is 0.573. The fourth-order valence-corrected chi connectivity index (χ4v) is 3.25. The number of esters is 2. The van der Waals surface area contributed by atoms with Crippen molar-refractivity contribution in [3.8, 4) is 22.8 Å². The van der Waals surface area contributed by atoms with E-state index in [2.05, 4.69) is 10.2 Å². The summed E-state index contributed by atoms with van der Waals surface area (Å²) in [6, 6.07) is 8.31. The standard InChI is InChI=1S/C22H22N2O7/c1-12(25)30-10-15-7-14-8-19(28-3)20(29-4)9-16(14)22(17(15)11-31-13(2)26)18-5-6-21(27)24-23-18/h5-9H,10-11H2,1-4H3,(H,24,27). The molecule has 2 aromatic carbocycles. The Hall–Kier alpha value is -3.88. The second-order valence-corrected chi connectivity index (χ2v) is 6.68. The number of nitrogens with one attached hydrogen (secondary N) is 1. The van der Waals surface area contributed by atoms with Gasteiger partial charge in [0.15, 0.2) is 11.5 Å². The fraction of sp³-hybridized carbons (Fsp3) is 0.273. The number of H-pyrrole nitrogens is 1. The van der Waals surface area contributed by atoms with Crippen molar-refractivity contribution >= 4 is 22.7 Å². The average molecular weight is 426 g/mol. The van der Waals surface area contributed by atoms with Gasteiger partial charge in [0.25, 0.3) is 5.56 Å². The highest BCUT2D eigenvalue weighted by Crippen LogP contribution is 2.40. The Bertz CT molecular complexity index is 1180. The van der Waals surface area contributed by atoms with Gasteiger partial charge in [-0.3, -0.25) is 14.4 Å². The number of ether oxygens (including phenoxy) is 4. The minimum atomic E-state index is -0.466. The molecule has 0 saturated carbocycles. The first-order valence-corrected chi connectivity index (χ1v) is 9.37. The summed E-state index contributed by atoms with van der Waals surface area (Å²) >= 11 is 0. The Morgan fingerprint density at radius 2 is 1.58 bits per heavy atom. The summed E-state index contributed by atoms with van der Waals surface area (Å²) in [5.74, 6) is 0.0918. The number of aromatic amines is 1. The van der Waals surface area contributed by atoms with Gasteiger partial charge < -0.3 is 18.9 Å². The van der Waals surface area contributed by atoms with Gasteiger partial charge in [0.2, 0.25) is 0 Å². The van der Waals surface area contributed by atoms with Crippen molar-refractivity contribution in [1.29, 1.82) is 0 Å². The van der Waals surface area contributed by atoms with Gasteiger partial charge in [-0.25, -0.2) is 5.10 Å². The molecule has 9 heteroatoms. The van der Waals surface area contributed by atoms with Crippen molar-refractivity contribution < 1.29 is 28.5 Å². The predicted molar refractivity (Wildman–Crippen MR) is 112 cm³/mol. The number of carbonyl (C=O) groups is 2. The van der Waals surface area contributed by atoms with E-state index >= 15 is 0 Å². The monoisotopic (exact) mass is 426 g/mol. The molecule has 31 heavy (non-hydrogen) atoms. The topological polar surface area (TPSA) is 117 Å². The summed E-state index contributed by atoms with van der Waals surface area (Å²) in [7, 11) is 3.05. The number of benzene rings is 2. The van der Waals surface area contributed by atoms with Gasteiger partial charge in [0, 0.05) is 31.0 Å². The first-order valence-electron chi connectivity index (χ1n) is 9.37. The third kappa shape index (κ3) is 4.82. The molecule has 162 valence electrons. The first-order chi connectivity index (χ1) is 14.8. The van der Waals surface area contributed by atoms with Gasteiger partial charge in [0.05, 0.1) is 19.9 Å². The van der Waals surface area contributed by atoms with Crippen molar-refractivity contribution in [2.75, 3.05) is 14.2 Å². The van der Waals surface area contributed by atoms with Crippen molar-refractivity contribution in [1.82, 2.24) is 10.2 Å². The third-order valence-electron chi connectivity index (χ3n) is 4.63. The number of methoxy groups -OCH3 is 2. The maximum absolute atomic E-state index is 11.6. The molecular formula is C22H22N2O7. The Morgan fingerprint density at radius 1 is 0.935 bits per heavy atom. The van der Waals surface area contributed by atoms with Crippen molar-refractivity contribution in [3.05, 3.63) is 51.8 Å². The Labute approximate surface area is 177 Å². The average Bonchev–Trinajstić information content (AvgIpc) is 2.75. The molecule has 9 nitrogen and oxygen atoms in total. The number of hydrogen-bond acceptors (Lipinski definition) is 8. The summed E-state index contributed by atoms with van der Waals surface area (Å²) in [5, 5.41) is 8.07. The molecule has 0 fully saturated rings. The highest BCUT2D eigenvalue weighted by atomic mass is 16.5. The second-order valence-electron chi connectivity index (χ2n) is 6.68. The zero-order chi connectivity index (χ0) is 22.5. The molecule has 0 amide bonds. The van der Waals surface area contributed by atoms with Gasteiger partial charge in [-0.15, -0.1) is 0 Å². The lowest BCUT2D eigenvalue weighted by atomic mass is 9.92. The molecule has 0 unspecified atom stereocenters. The Morgan fingerprint density at radius 3 is 2.16 bits per heavy atom. The normalized spacial score (nSPS) is 10.6. The highest BCUT2D eigenvalue weighted by molar-refractivity contribution is 6.00. The summed E-state index contributed by atoms with van der Waals surface area (Å²) in [6.07, 6.45) is 0. The van der Waals surface area contributed by atoms with E-state index in [1.54, 1.807) is 18.2 Å². The summed E-state index contributed by atoms with van der Waals surface area (Å²) in [5.41, 5.74) is 1.92. The minimum absolute atomic E-state index is 0.0351. The predicted octanol–water partition coefficient (Wildman–Crippen LogP) is 2.73. The molecule has 0 bridgehead atoms. The molecule has 3 aromatic rings. The molecule has 0 spiro atoms. The van der Waals surface area contributed by atoms with Crippen LogP contribution >= 0.6 is 0 Å². The van der Waals surface area contributed by atoms with Crippen molar-refractivity contribution in [2.45, 2.75) is 27.1 Å². The van der Waals surface area contributed by atoms with E-state index < -0.39 is 11.9 Å². The lowest BCUT2D eigenvalue weighted by molar-refractivity contribution is -0.143. The third-order valence-corrected chi connectivity index (χ3v) is 4.63. The molecule has 1 heterocycles. The zero-order valence-corrected chi connectivity index (χ0v) is 17.6. The van der Waals surface area contributed by atoms with Crippen LogP contribution in [0.5, 0.6) is 11.5 Å². The maximum atomic E-state index is 11.6. The van der Waals surface area contributed by atoms with Crippen molar-refractivity contribution in [3.63, 3.8) is 0 Å². The lowest BCUT2D eigenvalue weighted by Crippen LogP contribution is -2.10. The van der Waals surface area contributed by atoms with Crippen LogP contribution in [0.25, 0.3) is 22.0 Å². The molecule has 0 aliphatic rings. The maximum Gasteiger partial charge on any atom is 0.302 e. The Kier molecular flexibility index (Phi) is 6.54.